The number of hydrogen-bond donors (Lipinski definition) is 1. The number of amides is 1. The number of nitrogens with one attached hydrogen (secondary N) is 1. The van der Waals surface area contributed by atoms with E-state index in [0.717, 1.165) is 27.2 Å². The summed E-state index contributed by atoms with van der Waals surface area (Å²) in [6, 6.07) is 21.2. The molecule has 0 aliphatic carbocycles. The SMILES string of the molecule is COc1ccc2nc(NC(=O)CCSc3nc(-c4ccccc4)ccc3C#N)sc2c1. The molecular formula is C23H18N4O2S2. The lowest BCUT2D eigenvalue weighted by Gasteiger charge is -2.07. The van der Waals surface area contributed by atoms with E-state index in [1.807, 2.05) is 54.6 Å². The van der Waals surface area contributed by atoms with E-state index in [9.17, 15) is 10.1 Å². The predicted octanol–water partition coefficient (Wildman–Crippen LogP) is 5.36. The van der Waals surface area contributed by atoms with Crippen LogP contribution in [-0.2, 0) is 4.79 Å². The molecule has 0 radical (unpaired) electrons. The maximum atomic E-state index is 12.4. The summed E-state index contributed by atoms with van der Waals surface area (Å²) in [5, 5.41) is 13.4. The van der Waals surface area contributed by atoms with Crippen molar-refractivity contribution in [3.63, 3.8) is 0 Å². The maximum absolute atomic E-state index is 12.4. The largest absolute Gasteiger partial charge is 0.497 e. The smallest absolute Gasteiger partial charge is 0.226 e. The van der Waals surface area contributed by atoms with Crippen molar-refractivity contribution in [3.8, 4) is 23.1 Å². The molecule has 1 N–H and O–H groups in total. The highest BCUT2D eigenvalue weighted by Crippen LogP contribution is 2.30. The molecule has 0 bridgehead atoms. The first-order chi connectivity index (χ1) is 15.2. The van der Waals surface area contributed by atoms with E-state index in [-0.39, 0.29) is 12.3 Å². The monoisotopic (exact) mass is 446 g/mol. The van der Waals surface area contributed by atoms with Crippen LogP contribution in [0.5, 0.6) is 5.75 Å². The Morgan fingerprint density at radius 2 is 2.00 bits per heavy atom. The van der Waals surface area contributed by atoms with Gasteiger partial charge in [0, 0.05) is 17.7 Å². The molecule has 8 heteroatoms. The molecule has 4 rings (SSSR count). The van der Waals surface area contributed by atoms with E-state index in [1.165, 1.54) is 23.1 Å². The Balaban J connectivity index is 1.38. The number of pyridine rings is 1. The van der Waals surface area contributed by atoms with Crippen LogP contribution in [0.25, 0.3) is 21.5 Å². The number of nitrogens with zero attached hydrogens (tertiary/aromatic N) is 3. The number of thiazole rings is 1. The molecule has 154 valence electrons. The van der Waals surface area contributed by atoms with Gasteiger partial charge in [-0.3, -0.25) is 4.79 Å². The van der Waals surface area contributed by atoms with Gasteiger partial charge < -0.3 is 10.1 Å². The number of fused-ring (bicyclic) bond motifs is 1. The van der Waals surface area contributed by atoms with Crippen molar-refractivity contribution in [2.24, 2.45) is 0 Å². The minimum absolute atomic E-state index is 0.128. The number of carbonyl (C=O) groups is 1. The average Bonchev–Trinajstić information content (AvgIpc) is 3.20. The molecule has 0 saturated carbocycles. The van der Waals surface area contributed by atoms with Gasteiger partial charge in [0.15, 0.2) is 5.13 Å². The Hall–Kier alpha value is -3.41. The molecule has 2 aromatic carbocycles. The van der Waals surface area contributed by atoms with E-state index in [4.69, 9.17) is 4.74 Å². The van der Waals surface area contributed by atoms with Gasteiger partial charge in [0.1, 0.15) is 16.8 Å². The number of methoxy groups -OCH3 is 1. The quantitative estimate of drug-likeness (QED) is 0.385. The van der Waals surface area contributed by atoms with Crippen LogP contribution >= 0.6 is 23.1 Å². The summed E-state index contributed by atoms with van der Waals surface area (Å²) in [7, 11) is 1.62. The summed E-state index contributed by atoms with van der Waals surface area (Å²) in [5.41, 5.74) is 3.11. The zero-order chi connectivity index (χ0) is 21.6. The molecule has 0 fully saturated rings. The van der Waals surface area contributed by atoms with Crippen LogP contribution in [0.3, 0.4) is 0 Å². The number of benzene rings is 2. The van der Waals surface area contributed by atoms with Crippen LogP contribution in [0.4, 0.5) is 5.13 Å². The molecule has 1 amide bonds. The molecular weight excluding hydrogens is 428 g/mol. The first-order valence-electron chi connectivity index (χ1n) is 9.50. The lowest BCUT2D eigenvalue weighted by Crippen LogP contribution is -2.12. The number of aromatic nitrogens is 2. The van der Waals surface area contributed by atoms with E-state index in [1.54, 1.807) is 13.2 Å². The molecule has 0 aliphatic rings. The molecule has 0 spiro atoms. The van der Waals surface area contributed by atoms with Gasteiger partial charge in [-0.05, 0) is 30.3 Å². The number of hydrogen-bond acceptors (Lipinski definition) is 7. The third-order valence-electron chi connectivity index (χ3n) is 4.46. The molecule has 31 heavy (non-hydrogen) atoms. The first kappa shape index (κ1) is 20.8. The van der Waals surface area contributed by atoms with Crippen molar-refractivity contribution < 1.29 is 9.53 Å². The highest BCUT2D eigenvalue weighted by Gasteiger charge is 2.11. The fourth-order valence-corrected chi connectivity index (χ4v) is 4.74. The second kappa shape index (κ2) is 9.60. The Bertz CT molecular complexity index is 1270. The molecule has 2 heterocycles. The van der Waals surface area contributed by atoms with Gasteiger partial charge in [-0.1, -0.05) is 41.7 Å². The minimum atomic E-state index is -0.128. The fraction of sp³-hybridized carbons (Fsp3) is 0.130. The Kier molecular flexibility index (Phi) is 6.46. The number of ether oxygens (including phenoxy) is 1. The summed E-state index contributed by atoms with van der Waals surface area (Å²) in [6.45, 7) is 0. The second-order valence-corrected chi connectivity index (χ2v) is 8.64. The fourth-order valence-electron chi connectivity index (χ4n) is 2.91. The van der Waals surface area contributed by atoms with E-state index in [2.05, 4.69) is 21.4 Å². The summed E-state index contributed by atoms with van der Waals surface area (Å²) >= 11 is 2.81. The molecule has 0 aliphatic heterocycles. The van der Waals surface area contributed by atoms with Crippen LogP contribution in [-0.4, -0.2) is 28.7 Å². The summed E-state index contributed by atoms with van der Waals surface area (Å²) in [4.78, 5) is 21.4. The van der Waals surface area contributed by atoms with Gasteiger partial charge in [-0.2, -0.15) is 5.26 Å². The Morgan fingerprint density at radius 1 is 1.16 bits per heavy atom. The van der Waals surface area contributed by atoms with E-state index in [0.29, 0.717) is 21.5 Å². The van der Waals surface area contributed by atoms with Gasteiger partial charge in [-0.15, -0.1) is 11.8 Å². The molecule has 4 aromatic rings. The van der Waals surface area contributed by atoms with E-state index < -0.39 is 0 Å². The lowest BCUT2D eigenvalue weighted by atomic mass is 10.1. The van der Waals surface area contributed by atoms with Gasteiger partial charge in [0.25, 0.3) is 0 Å². The molecule has 0 atom stereocenters. The number of carbonyl (C=O) groups excluding carboxylic acids is 1. The van der Waals surface area contributed by atoms with Crippen molar-refractivity contribution in [2.45, 2.75) is 11.4 Å². The van der Waals surface area contributed by atoms with Crippen molar-refractivity contribution in [3.05, 3.63) is 66.2 Å². The Labute approximate surface area is 187 Å². The highest BCUT2D eigenvalue weighted by atomic mass is 32.2. The average molecular weight is 447 g/mol. The van der Waals surface area contributed by atoms with Crippen molar-refractivity contribution in [2.75, 3.05) is 18.2 Å². The third-order valence-corrected chi connectivity index (χ3v) is 6.39. The number of anilines is 1. The van der Waals surface area contributed by atoms with Crippen molar-refractivity contribution in [1.29, 1.82) is 5.26 Å². The minimum Gasteiger partial charge on any atom is -0.497 e. The summed E-state index contributed by atoms with van der Waals surface area (Å²) in [5.74, 6) is 1.13. The van der Waals surface area contributed by atoms with Crippen LogP contribution in [0.2, 0.25) is 0 Å². The third kappa shape index (κ3) is 5.02. The predicted molar refractivity (Wildman–Crippen MR) is 125 cm³/mol. The van der Waals surface area contributed by atoms with Gasteiger partial charge in [0.05, 0.1) is 28.6 Å². The second-order valence-electron chi connectivity index (χ2n) is 6.53. The standard InChI is InChI=1S/C23H18N4O2S2/c1-29-17-8-10-19-20(13-17)31-23(26-19)27-21(28)11-12-30-22-16(14-24)7-9-18(25-22)15-5-3-2-4-6-15/h2-10,13H,11-12H2,1H3,(H,26,27,28). The van der Waals surface area contributed by atoms with Crippen LogP contribution in [0, 0.1) is 11.3 Å². The van der Waals surface area contributed by atoms with Gasteiger partial charge in [0.2, 0.25) is 5.91 Å². The van der Waals surface area contributed by atoms with Gasteiger partial charge in [-0.25, -0.2) is 9.97 Å². The molecule has 2 aromatic heterocycles. The number of thioether (sulfide) groups is 1. The first-order valence-corrected chi connectivity index (χ1v) is 11.3. The zero-order valence-electron chi connectivity index (χ0n) is 16.7. The normalized spacial score (nSPS) is 10.6. The zero-order valence-corrected chi connectivity index (χ0v) is 18.3. The topological polar surface area (TPSA) is 87.9 Å². The van der Waals surface area contributed by atoms with Crippen molar-refractivity contribution in [1.82, 2.24) is 9.97 Å². The van der Waals surface area contributed by atoms with Crippen LogP contribution in [0.15, 0.2) is 65.7 Å². The summed E-state index contributed by atoms with van der Waals surface area (Å²) in [6.07, 6.45) is 0.284. The summed E-state index contributed by atoms with van der Waals surface area (Å²) < 4.78 is 6.17. The highest BCUT2D eigenvalue weighted by molar-refractivity contribution is 7.99. The van der Waals surface area contributed by atoms with Crippen molar-refractivity contribution >= 4 is 44.4 Å². The van der Waals surface area contributed by atoms with Gasteiger partial charge >= 0.3 is 0 Å². The molecule has 6 nitrogen and oxygen atoms in total. The molecule has 0 unspecified atom stereocenters. The van der Waals surface area contributed by atoms with Crippen LogP contribution in [0.1, 0.15) is 12.0 Å². The number of rotatable bonds is 7. The number of nitriles is 1. The van der Waals surface area contributed by atoms with E-state index >= 15 is 0 Å². The maximum Gasteiger partial charge on any atom is 0.226 e. The Morgan fingerprint density at radius 3 is 2.77 bits per heavy atom. The molecule has 0 saturated heterocycles. The lowest BCUT2D eigenvalue weighted by molar-refractivity contribution is -0.115. The van der Waals surface area contributed by atoms with Crippen LogP contribution < -0.4 is 10.1 Å².